The summed E-state index contributed by atoms with van der Waals surface area (Å²) in [5, 5.41) is 14.1. The number of benzene rings is 2. The van der Waals surface area contributed by atoms with Crippen molar-refractivity contribution in [3.63, 3.8) is 0 Å². The highest BCUT2D eigenvalue weighted by molar-refractivity contribution is 9.10. The van der Waals surface area contributed by atoms with Crippen LogP contribution in [0.5, 0.6) is 5.75 Å². The molecule has 0 saturated carbocycles. The Bertz CT molecular complexity index is 677. The zero-order chi connectivity index (χ0) is 15.4. The third-order valence-corrected chi connectivity index (χ3v) is 3.75. The number of anilines is 1. The van der Waals surface area contributed by atoms with Crippen molar-refractivity contribution in [3.8, 4) is 5.75 Å². The predicted molar refractivity (Wildman–Crippen MR) is 88.8 cm³/mol. The van der Waals surface area contributed by atoms with Crippen molar-refractivity contribution in [1.82, 2.24) is 0 Å². The van der Waals surface area contributed by atoms with Crippen molar-refractivity contribution in [3.05, 3.63) is 61.0 Å². The molecule has 0 heterocycles. The Hall–Kier alpha value is -1.60. The van der Waals surface area contributed by atoms with Crippen LogP contribution in [-0.4, -0.2) is 12.0 Å². The van der Waals surface area contributed by atoms with Gasteiger partial charge in [-0.2, -0.15) is 0 Å². The second-order valence-electron chi connectivity index (χ2n) is 4.27. The Morgan fingerprint density at radius 3 is 2.62 bits per heavy atom. The Morgan fingerprint density at radius 1 is 1.19 bits per heavy atom. The van der Waals surface area contributed by atoms with Gasteiger partial charge in [-0.1, -0.05) is 31.9 Å². The Kier molecular flexibility index (Phi) is 5.19. The van der Waals surface area contributed by atoms with E-state index in [1.54, 1.807) is 13.2 Å². The topological polar surface area (TPSA) is 64.4 Å². The summed E-state index contributed by atoms with van der Waals surface area (Å²) in [4.78, 5) is 10.5. The number of ether oxygens (including phenoxy) is 1. The number of hydrogen-bond acceptors (Lipinski definition) is 4. The number of nitrogens with zero attached hydrogens (tertiary/aromatic N) is 1. The van der Waals surface area contributed by atoms with Crippen molar-refractivity contribution >= 4 is 43.2 Å². The summed E-state index contributed by atoms with van der Waals surface area (Å²) in [7, 11) is 1.60. The van der Waals surface area contributed by atoms with E-state index in [1.165, 1.54) is 6.07 Å². The van der Waals surface area contributed by atoms with Crippen molar-refractivity contribution in [2.24, 2.45) is 0 Å². The first-order valence-electron chi connectivity index (χ1n) is 6.01. The maximum atomic E-state index is 10.9. The molecule has 0 fully saturated rings. The van der Waals surface area contributed by atoms with E-state index in [-0.39, 0.29) is 5.69 Å². The predicted octanol–water partition coefficient (Wildman–Crippen LogP) is 4.74. The van der Waals surface area contributed by atoms with Crippen molar-refractivity contribution in [2.45, 2.75) is 6.54 Å². The smallest absolute Gasteiger partial charge is 0.270 e. The van der Waals surface area contributed by atoms with Gasteiger partial charge in [0.1, 0.15) is 5.75 Å². The SMILES string of the molecule is COc1ccc(Br)cc1NCc1cc(Br)cc([N+](=O)[O-])c1. The zero-order valence-electron chi connectivity index (χ0n) is 11.1. The standard InChI is InChI=1S/C14H12Br2N2O3/c1-21-14-3-2-10(15)7-13(14)17-8-9-4-11(16)6-12(5-9)18(19)20/h2-7,17H,8H2,1H3. The van der Waals surface area contributed by atoms with Gasteiger partial charge in [0.25, 0.3) is 5.69 Å². The fourth-order valence-corrected chi connectivity index (χ4v) is 2.75. The van der Waals surface area contributed by atoms with Crippen molar-refractivity contribution < 1.29 is 9.66 Å². The first kappa shape index (κ1) is 15.8. The Balaban J connectivity index is 2.20. The highest BCUT2D eigenvalue weighted by Crippen LogP contribution is 2.29. The molecule has 2 rings (SSSR count). The number of nitro groups is 1. The molecule has 0 aromatic heterocycles. The molecule has 0 aliphatic rings. The van der Waals surface area contributed by atoms with Gasteiger partial charge in [-0.05, 0) is 29.8 Å². The summed E-state index contributed by atoms with van der Waals surface area (Å²) < 4.78 is 6.87. The number of rotatable bonds is 5. The monoisotopic (exact) mass is 414 g/mol. The summed E-state index contributed by atoms with van der Waals surface area (Å²) in [6.45, 7) is 0.451. The Morgan fingerprint density at radius 2 is 1.95 bits per heavy atom. The average molecular weight is 416 g/mol. The van der Waals surface area contributed by atoms with E-state index in [1.807, 2.05) is 24.3 Å². The van der Waals surface area contributed by atoms with Crippen LogP contribution in [0, 0.1) is 10.1 Å². The van der Waals surface area contributed by atoms with E-state index in [9.17, 15) is 10.1 Å². The summed E-state index contributed by atoms with van der Waals surface area (Å²) in [6, 6.07) is 10.5. The minimum Gasteiger partial charge on any atom is -0.495 e. The summed E-state index contributed by atoms with van der Waals surface area (Å²) in [5.74, 6) is 0.711. The maximum absolute atomic E-state index is 10.9. The number of nitrogens with one attached hydrogen (secondary N) is 1. The molecule has 0 amide bonds. The second kappa shape index (κ2) is 6.91. The van der Waals surface area contributed by atoms with Gasteiger partial charge in [0, 0.05) is 27.6 Å². The molecule has 0 radical (unpaired) electrons. The van der Waals surface area contributed by atoms with E-state index in [0.717, 1.165) is 15.7 Å². The first-order chi connectivity index (χ1) is 9.99. The van der Waals surface area contributed by atoms with Gasteiger partial charge in [0.15, 0.2) is 0 Å². The van der Waals surface area contributed by atoms with Crippen LogP contribution in [0.4, 0.5) is 11.4 Å². The molecule has 5 nitrogen and oxygen atoms in total. The third-order valence-electron chi connectivity index (χ3n) is 2.80. The van der Waals surface area contributed by atoms with Crippen LogP contribution >= 0.6 is 31.9 Å². The van der Waals surface area contributed by atoms with Crippen LogP contribution in [0.1, 0.15) is 5.56 Å². The fraction of sp³-hybridized carbons (Fsp3) is 0.143. The molecule has 0 unspecified atom stereocenters. The first-order valence-corrected chi connectivity index (χ1v) is 7.59. The lowest BCUT2D eigenvalue weighted by Gasteiger charge is -2.12. The molecule has 21 heavy (non-hydrogen) atoms. The molecule has 0 bridgehead atoms. The molecule has 0 atom stereocenters. The van der Waals surface area contributed by atoms with Crippen LogP contribution in [-0.2, 0) is 6.54 Å². The van der Waals surface area contributed by atoms with Gasteiger partial charge in [0.05, 0.1) is 17.7 Å². The normalized spacial score (nSPS) is 10.2. The van der Waals surface area contributed by atoms with Crippen LogP contribution in [0.25, 0.3) is 0 Å². The van der Waals surface area contributed by atoms with Crippen LogP contribution in [0.15, 0.2) is 45.3 Å². The van der Waals surface area contributed by atoms with E-state index in [2.05, 4.69) is 37.2 Å². The van der Waals surface area contributed by atoms with E-state index in [4.69, 9.17) is 4.74 Å². The molecule has 2 aromatic rings. The quantitative estimate of drug-likeness (QED) is 0.565. The highest BCUT2D eigenvalue weighted by Gasteiger charge is 2.09. The number of methoxy groups -OCH3 is 1. The molecular formula is C14H12Br2N2O3. The number of non-ortho nitro benzene ring substituents is 1. The molecule has 0 aliphatic carbocycles. The van der Waals surface area contributed by atoms with Crippen LogP contribution < -0.4 is 10.1 Å². The van der Waals surface area contributed by atoms with Crippen molar-refractivity contribution in [2.75, 3.05) is 12.4 Å². The van der Waals surface area contributed by atoms with Crippen LogP contribution in [0.3, 0.4) is 0 Å². The number of hydrogen-bond donors (Lipinski definition) is 1. The molecule has 0 saturated heterocycles. The fourth-order valence-electron chi connectivity index (χ4n) is 1.86. The van der Waals surface area contributed by atoms with E-state index < -0.39 is 4.92 Å². The molecule has 2 aromatic carbocycles. The number of halogens is 2. The molecule has 1 N–H and O–H groups in total. The molecule has 110 valence electrons. The minimum atomic E-state index is -0.409. The van der Waals surface area contributed by atoms with Gasteiger partial charge in [-0.25, -0.2) is 0 Å². The van der Waals surface area contributed by atoms with E-state index >= 15 is 0 Å². The Labute approximate surface area is 138 Å². The van der Waals surface area contributed by atoms with Gasteiger partial charge < -0.3 is 10.1 Å². The molecular weight excluding hydrogens is 404 g/mol. The van der Waals surface area contributed by atoms with Gasteiger partial charge in [-0.15, -0.1) is 0 Å². The average Bonchev–Trinajstić information content (AvgIpc) is 2.44. The second-order valence-corrected chi connectivity index (χ2v) is 6.10. The largest absolute Gasteiger partial charge is 0.495 e. The lowest BCUT2D eigenvalue weighted by molar-refractivity contribution is -0.385. The lowest BCUT2D eigenvalue weighted by atomic mass is 10.2. The minimum absolute atomic E-state index is 0.0578. The maximum Gasteiger partial charge on any atom is 0.270 e. The molecule has 0 spiro atoms. The van der Waals surface area contributed by atoms with E-state index in [0.29, 0.717) is 16.8 Å². The molecule has 7 heteroatoms. The van der Waals surface area contributed by atoms with Crippen molar-refractivity contribution in [1.29, 1.82) is 0 Å². The number of nitro benzene ring substituents is 1. The molecule has 0 aliphatic heterocycles. The lowest BCUT2D eigenvalue weighted by Crippen LogP contribution is -2.02. The highest BCUT2D eigenvalue weighted by atomic mass is 79.9. The van der Waals surface area contributed by atoms with Gasteiger partial charge >= 0.3 is 0 Å². The third kappa shape index (κ3) is 4.18. The summed E-state index contributed by atoms with van der Waals surface area (Å²) in [6.07, 6.45) is 0. The summed E-state index contributed by atoms with van der Waals surface area (Å²) in [5.41, 5.74) is 1.68. The van der Waals surface area contributed by atoms with Gasteiger partial charge in [0.2, 0.25) is 0 Å². The summed E-state index contributed by atoms with van der Waals surface area (Å²) >= 11 is 6.68. The zero-order valence-corrected chi connectivity index (χ0v) is 14.3. The van der Waals surface area contributed by atoms with Gasteiger partial charge in [-0.3, -0.25) is 10.1 Å². The van der Waals surface area contributed by atoms with Crippen LogP contribution in [0.2, 0.25) is 0 Å².